The van der Waals surface area contributed by atoms with Gasteiger partial charge >= 0.3 is 0 Å². The topological polar surface area (TPSA) is 43.6 Å². The van der Waals surface area contributed by atoms with Gasteiger partial charge in [-0.3, -0.25) is 9.97 Å². The van der Waals surface area contributed by atoms with Crippen LogP contribution in [0.1, 0.15) is 11.5 Å². The predicted molar refractivity (Wildman–Crippen MR) is 79.9 cm³/mol. The van der Waals surface area contributed by atoms with Crippen LogP contribution in [0.3, 0.4) is 0 Å². The lowest BCUT2D eigenvalue weighted by atomic mass is 10.2. The van der Waals surface area contributed by atoms with Gasteiger partial charge in [-0.1, -0.05) is 6.07 Å². The molecule has 20 heavy (non-hydrogen) atoms. The van der Waals surface area contributed by atoms with E-state index in [1.165, 1.54) is 0 Å². The van der Waals surface area contributed by atoms with Crippen LogP contribution in [0.25, 0.3) is 11.0 Å². The van der Waals surface area contributed by atoms with Crippen molar-refractivity contribution in [1.29, 1.82) is 0 Å². The molecule has 0 atom stereocenters. The highest BCUT2D eigenvalue weighted by atomic mass is 35.5. The van der Waals surface area contributed by atoms with Crippen molar-refractivity contribution in [2.24, 2.45) is 0 Å². The molecule has 0 bridgehead atoms. The molecule has 0 saturated carbocycles. The fourth-order valence-corrected chi connectivity index (χ4v) is 2.50. The average Bonchev–Trinajstić information content (AvgIpc) is 2.84. The first kappa shape index (κ1) is 13.1. The third-order valence-corrected chi connectivity index (χ3v) is 3.45. The van der Waals surface area contributed by atoms with Gasteiger partial charge in [-0.2, -0.15) is 0 Å². The zero-order valence-electron chi connectivity index (χ0n) is 11.0. The first-order valence-corrected chi connectivity index (χ1v) is 7.17. The van der Waals surface area contributed by atoms with Gasteiger partial charge in [0.25, 0.3) is 0 Å². The molecule has 0 spiro atoms. The summed E-state index contributed by atoms with van der Waals surface area (Å²) >= 11 is 5.87. The zero-order chi connectivity index (χ0) is 13.8. The lowest BCUT2D eigenvalue weighted by molar-refractivity contribution is 0.666. The molecule has 0 saturated heterocycles. The van der Waals surface area contributed by atoms with Gasteiger partial charge in [0.05, 0.1) is 11.7 Å². The van der Waals surface area contributed by atoms with Crippen molar-refractivity contribution in [2.75, 3.05) is 5.88 Å². The second-order valence-electron chi connectivity index (χ2n) is 4.55. The summed E-state index contributed by atoms with van der Waals surface area (Å²) in [6.45, 7) is 0.851. The fourth-order valence-electron chi connectivity index (χ4n) is 2.33. The Morgan fingerprint density at radius 3 is 2.85 bits per heavy atom. The van der Waals surface area contributed by atoms with E-state index in [2.05, 4.69) is 19.5 Å². The second-order valence-corrected chi connectivity index (χ2v) is 4.93. The van der Waals surface area contributed by atoms with Crippen LogP contribution in [0, 0.1) is 0 Å². The van der Waals surface area contributed by atoms with Crippen LogP contribution in [0.4, 0.5) is 0 Å². The molecule has 0 aliphatic heterocycles. The summed E-state index contributed by atoms with van der Waals surface area (Å²) in [7, 11) is 0. The van der Waals surface area contributed by atoms with Crippen molar-refractivity contribution in [3.05, 3.63) is 54.4 Å². The van der Waals surface area contributed by atoms with E-state index in [0.29, 0.717) is 5.88 Å². The van der Waals surface area contributed by atoms with Crippen molar-refractivity contribution in [3.8, 4) is 0 Å². The Kier molecular flexibility index (Phi) is 3.92. The van der Waals surface area contributed by atoms with Crippen LogP contribution in [-0.2, 0) is 19.4 Å². The Balaban J connectivity index is 1.90. The number of pyridine rings is 2. The van der Waals surface area contributed by atoms with Crippen LogP contribution in [0.5, 0.6) is 0 Å². The maximum absolute atomic E-state index is 5.87. The van der Waals surface area contributed by atoms with Crippen molar-refractivity contribution in [3.63, 3.8) is 0 Å². The van der Waals surface area contributed by atoms with E-state index in [1.54, 1.807) is 12.4 Å². The number of halogens is 1. The lowest BCUT2D eigenvalue weighted by Gasteiger charge is -2.08. The zero-order valence-corrected chi connectivity index (χ0v) is 11.8. The molecule has 0 unspecified atom stereocenters. The fraction of sp³-hybridized carbons (Fsp3) is 0.267. The molecule has 0 aliphatic rings. The number of rotatable bonds is 5. The Bertz CT molecular complexity index is 693. The molecule has 3 aromatic rings. The van der Waals surface area contributed by atoms with Crippen molar-refractivity contribution in [2.45, 2.75) is 19.4 Å². The molecule has 4 nitrogen and oxygen atoms in total. The van der Waals surface area contributed by atoms with E-state index < -0.39 is 0 Å². The van der Waals surface area contributed by atoms with Gasteiger partial charge in [0, 0.05) is 43.4 Å². The molecule has 102 valence electrons. The van der Waals surface area contributed by atoms with E-state index in [-0.39, 0.29) is 0 Å². The molecule has 0 aliphatic carbocycles. The average molecular weight is 287 g/mol. The Morgan fingerprint density at radius 2 is 2.05 bits per heavy atom. The standard InChI is InChI=1S/C15H15ClN4/c16-7-4-15-19-13-11-17-9-5-14(13)20(15)10-6-12-3-1-2-8-18-12/h1-3,5,8-9,11H,4,6-7,10H2. The largest absolute Gasteiger partial charge is 0.327 e. The minimum atomic E-state index is 0.570. The minimum Gasteiger partial charge on any atom is -0.327 e. The highest BCUT2D eigenvalue weighted by Crippen LogP contribution is 2.16. The summed E-state index contributed by atoms with van der Waals surface area (Å²) in [6, 6.07) is 7.99. The molecule has 3 heterocycles. The second kappa shape index (κ2) is 6.01. The summed E-state index contributed by atoms with van der Waals surface area (Å²) in [5.41, 5.74) is 3.12. The van der Waals surface area contributed by atoms with Crippen molar-refractivity contribution >= 4 is 22.6 Å². The first-order chi connectivity index (χ1) is 9.88. The van der Waals surface area contributed by atoms with Gasteiger partial charge in [0.15, 0.2) is 0 Å². The highest BCUT2D eigenvalue weighted by Gasteiger charge is 2.10. The third kappa shape index (κ3) is 2.65. The molecule has 0 radical (unpaired) electrons. The quantitative estimate of drug-likeness (QED) is 0.678. The van der Waals surface area contributed by atoms with E-state index in [1.807, 2.05) is 30.5 Å². The first-order valence-electron chi connectivity index (χ1n) is 6.63. The van der Waals surface area contributed by atoms with Crippen LogP contribution in [0.15, 0.2) is 42.9 Å². The molecule has 3 rings (SSSR count). The Morgan fingerprint density at radius 1 is 1.10 bits per heavy atom. The maximum atomic E-state index is 5.87. The monoisotopic (exact) mass is 286 g/mol. The Labute approximate surface area is 122 Å². The van der Waals surface area contributed by atoms with E-state index in [9.17, 15) is 0 Å². The van der Waals surface area contributed by atoms with E-state index in [4.69, 9.17) is 11.6 Å². The summed E-state index contributed by atoms with van der Waals surface area (Å²) in [5, 5.41) is 0. The van der Waals surface area contributed by atoms with E-state index >= 15 is 0 Å². The van der Waals surface area contributed by atoms with Gasteiger partial charge in [-0.15, -0.1) is 11.6 Å². The van der Waals surface area contributed by atoms with Gasteiger partial charge in [0.1, 0.15) is 11.3 Å². The number of aryl methyl sites for hydroxylation is 3. The number of alkyl halides is 1. The molecule has 0 N–H and O–H groups in total. The van der Waals surface area contributed by atoms with Gasteiger partial charge < -0.3 is 4.57 Å². The Hall–Kier alpha value is -1.94. The number of hydrogen-bond donors (Lipinski definition) is 0. The minimum absolute atomic E-state index is 0.570. The lowest BCUT2D eigenvalue weighted by Crippen LogP contribution is -2.07. The highest BCUT2D eigenvalue weighted by molar-refractivity contribution is 6.17. The van der Waals surface area contributed by atoms with E-state index in [0.717, 1.165) is 41.9 Å². The number of fused-ring (bicyclic) bond motifs is 1. The molecule has 5 heteroatoms. The predicted octanol–water partition coefficient (Wildman–Crippen LogP) is 2.85. The molecule has 3 aromatic heterocycles. The number of imidazole rings is 1. The van der Waals surface area contributed by atoms with Gasteiger partial charge in [-0.25, -0.2) is 4.98 Å². The molecule has 0 aromatic carbocycles. The number of hydrogen-bond acceptors (Lipinski definition) is 3. The molecular formula is C15H15ClN4. The van der Waals surface area contributed by atoms with Crippen LogP contribution in [-0.4, -0.2) is 25.4 Å². The SMILES string of the molecule is ClCCc1nc2cnccc2n1CCc1ccccn1. The summed E-state index contributed by atoms with van der Waals surface area (Å²) in [5.74, 6) is 1.58. The summed E-state index contributed by atoms with van der Waals surface area (Å²) in [6.07, 6.45) is 7.06. The summed E-state index contributed by atoms with van der Waals surface area (Å²) in [4.78, 5) is 13.1. The van der Waals surface area contributed by atoms with Crippen LogP contribution >= 0.6 is 11.6 Å². The normalized spacial score (nSPS) is 11.1. The number of nitrogens with zero attached hydrogens (tertiary/aromatic N) is 4. The summed E-state index contributed by atoms with van der Waals surface area (Å²) < 4.78 is 2.22. The van der Waals surface area contributed by atoms with Crippen molar-refractivity contribution in [1.82, 2.24) is 19.5 Å². The third-order valence-electron chi connectivity index (χ3n) is 3.27. The number of aromatic nitrogens is 4. The molecule has 0 fully saturated rings. The van der Waals surface area contributed by atoms with Crippen molar-refractivity contribution < 1.29 is 0 Å². The molecule has 0 amide bonds. The smallest absolute Gasteiger partial charge is 0.111 e. The maximum Gasteiger partial charge on any atom is 0.111 e. The molecular weight excluding hydrogens is 272 g/mol. The van der Waals surface area contributed by atoms with Crippen LogP contribution < -0.4 is 0 Å². The van der Waals surface area contributed by atoms with Crippen LogP contribution in [0.2, 0.25) is 0 Å². The van der Waals surface area contributed by atoms with Gasteiger partial charge in [-0.05, 0) is 18.2 Å². The van der Waals surface area contributed by atoms with Gasteiger partial charge in [0.2, 0.25) is 0 Å².